The van der Waals surface area contributed by atoms with Gasteiger partial charge in [-0.2, -0.15) is 0 Å². The Kier molecular flexibility index (Phi) is 5.02. The molecule has 16 heavy (non-hydrogen) atoms. The molecule has 1 heterocycles. The minimum Gasteiger partial charge on any atom is -1.00 e. The van der Waals surface area contributed by atoms with Crippen molar-refractivity contribution in [3.8, 4) is 0 Å². The van der Waals surface area contributed by atoms with Gasteiger partial charge in [-0.15, -0.1) is 0 Å². The third-order valence-electron chi connectivity index (χ3n) is 1.52. The number of nitro groups is 1. The molecule has 0 aromatic carbocycles. The predicted molar refractivity (Wildman–Crippen MR) is 45.9 cm³/mol. The fourth-order valence-corrected chi connectivity index (χ4v) is 0.887. The quantitative estimate of drug-likeness (QED) is 0.337. The van der Waals surface area contributed by atoms with Crippen LogP contribution in [-0.4, -0.2) is 32.1 Å². The number of carboxylic acid groups (broad SMARTS) is 2. The van der Waals surface area contributed by atoms with Crippen LogP contribution in [0.3, 0.4) is 0 Å². The van der Waals surface area contributed by atoms with Crippen LogP contribution in [0.2, 0.25) is 0 Å². The molecule has 0 saturated carbocycles. The van der Waals surface area contributed by atoms with E-state index in [1.165, 1.54) is 0 Å². The monoisotopic (exact) mass is 236 g/mol. The number of hydrogen-bond acceptors (Lipinski definition) is 5. The first-order valence-corrected chi connectivity index (χ1v) is 3.54. The topological polar surface area (TPSA) is 131 Å². The van der Waals surface area contributed by atoms with E-state index < -0.39 is 33.8 Å². The normalized spacial score (nSPS) is 9.00. The summed E-state index contributed by atoms with van der Waals surface area (Å²) in [4.78, 5) is 33.7. The third kappa shape index (κ3) is 2.99. The van der Waals surface area contributed by atoms with E-state index in [1.54, 1.807) is 0 Å². The van der Waals surface area contributed by atoms with Gasteiger partial charge in [0, 0.05) is 6.07 Å². The van der Waals surface area contributed by atoms with E-state index >= 15 is 0 Å². The van der Waals surface area contributed by atoms with E-state index in [1.807, 2.05) is 0 Å². The van der Waals surface area contributed by atoms with Crippen LogP contribution in [-0.2, 0) is 0 Å². The summed E-state index contributed by atoms with van der Waals surface area (Å²) in [6.07, 6.45) is 0.690. The molecule has 9 heteroatoms. The molecule has 0 atom stereocenters. The van der Waals surface area contributed by atoms with E-state index in [9.17, 15) is 19.7 Å². The van der Waals surface area contributed by atoms with Gasteiger partial charge in [-0.1, -0.05) is 0 Å². The zero-order chi connectivity index (χ0) is 11.6. The molecule has 2 N–H and O–H groups in total. The summed E-state index contributed by atoms with van der Waals surface area (Å²) in [6.45, 7) is 0. The summed E-state index contributed by atoms with van der Waals surface area (Å²) in [5.41, 5.74) is -2.01. The molecule has 1 rings (SSSR count). The van der Waals surface area contributed by atoms with Crippen molar-refractivity contribution in [3.63, 3.8) is 0 Å². The molecule has 0 saturated heterocycles. The first kappa shape index (κ1) is 14.5. The van der Waals surface area contributed by atoms with Gasteiger partial charge in [0.15, 0.2) is 5.69 Å². The molecule has 0 fully saturated rings. The molecule has 0 radical (unpaired) electrons. The maximum absolute atomic E-state index is 10.6. The molecule has 1 aromatic rings. The number of hydrogen-bond donors (Lipinski definition) is 2. The van der Waals surface area contributed by atoms with E-state index in [0.29, 0.717) is 12.3 Å². The first-order valence-electron chi connectivity index (χ1n) is 3.54. The Morgan fingerprint density at radius 2 is 1.94 bits per heavy atom. The van der Waals surface area contributed by atoms with Crippen molar-refractivity contribution < 1.29 is 55.7 Å². The minimum absolute atomic E-state index is 0. The van der Waals surface area contributed by atoms with Crippen LogP contribution in [0.4, 0.5) is 5.69 Å². The van der Waals surface area contributed by atoms with Crippen molar-refractivity contribution in [2.45, 2.75) is 0 Å². The van der Waals surface area contributed by atoms with Gasteiger partial charge < -0.3 is 11.6 Å². The molecule has 0 aliphatic carbocycles. The Hall–Kier alpha value is -1.51. The number of nitrogens with zero attached hydrogens (tertiary/aromatic N) is 2. The molecule has 0 aliphatic heterocycles. The molecular weight excluding hydrogens is 231 g/mol. The van der Waals surface area contributed by atoms with Gasteiger partial charge in [0.1, 0.15) is 6.20 Å². The van der Waals surface area contributed by atoms with Crippen LogP contribution in [0, 0.1) is 10.1 Å². The van der Waals surface area contributed by atoms with Crippen LogP contribution in [0.5, 0.6) is 0 Å². The SMILES string of the molecule is O=C(O)c1cc([N+](=O)[O-])cnc1C(=O)O.[H-].[Na+]. The molecule has 8 nitrogen and oxygen atoms in total. The Labute approximate surface area is 112 Å². The number of aromatic carboxylic acids is 2. The van der Waals surface area contributed by atoms with Gasteiger partial charge in [0.25, 0.3) is 5.69 Å². The second-order valence-corrected chi connectivity index (χ2v) is 2.46. The van der Waals surface area contributed by atoms with Crippen LogP contribution >= 0.6 is 0 Å². The van der Waals surface area contributed by atoms with E-state index in [2.05, 4.69) is 4.98 Å². The maximum atomic E-state index is 10.6. The zero-order valence-corrected chi connectivity index (χ0v) is 10.1. The molecule has 0 amide bonds. The first-order chi connectivity index (χ1) is 6.93. The fraction of sp³-hybridized carbons (Fsp3) is 0. The summed E-state index contributed by atoms with van der Waals surface area (Å²) < 4.78 is 0. The van der Waals surface area contributed by atoms with Gasteiger partial charge >= 0.3 is 41.5 Å². The summed E-state index contributed by atoms with van der Waals surface area (Å²) in [5.74, 6) is -3.13. The zero-order valence-electron chi connectivity index (χ0n) is 9.08. The number of aromatic nitrogens is 1. The van der Waals surface area contributed by atoms with Crippen LogP contribution in [0.25, 0.3) is 0 Å². The minimum atomic E-state index is -1.58. The predicted octanol–water partition coefficient (Wildman–Crippen LogP) is -2.50. The standard InChI is InChI=1S/C7H4N2O6.Na.H/c10-6(11)4-1-3(9(14)15)2-8-5(4)7(12)13;;/h1-2H,(H,10,11)(H,12,13);;/q;+1;-1. The van der Waals surface area contributed by atoms with E-state index in [4.69, 9.17) is 10.2 Å². The van der Waals surface area contributed by atoms with Crippen molar-refractivity contribution in [1.29, 1.82) is 0 Å². The van der Waals surface area contributed by atoms with Crippen molar-refractivity contribution >= 4 is 17.6 Å². The van der Waals surface area contributed by atoms with Gasteiger partial charge in [-0.05, 0) is 0 Å². The number of rotatable bonds is 3. The molecule has 0 spiro atoms. The summed E-state index contributed by atoms with van der Waals surface area (Å²) >= 11 is 0. The number of carboxylic acids is 2. The van der Waals surface area contributed by atoms with Gasteiger partial charge in [-0.3, -0.25) is 10.1 Å². The van der Waals surface area contributed by atoms with Crippen molar-refractivity contribution in [1.82, 2.24) is 4.98 Å². The number of pyridine rings is 1. The molecule has 0 unspecified atom stereocenters. The maximum Gasteiger partial charge on any atom is 1.00 e. The molecule has 80 valence electrons. The van der Waals surface area contributed by atoms with Crippen LogP contribution in [0.15, 0.2) is 12.3 Å². The molecular formula is C7H5N2NaO6. The second-order valence-electron chi connectivity index (χ2n) is 2.46. The van der Waals surface area contributed by atoms with Crippen LogP contribution < -0.4 is 29.6 Å². The Morgan fingerprint density at radius 1 is 1.38 bits per heavy atom. The fourth-order valence-electron chi connectivity index (χ4n) is 0.887. The Morgan fingerprint density at radius 3 is 2.31 bits per heavy atom. The van der Waals surface area contributed by atoms with E-state index in [0.717, 1.165) is 0 Å². The Balaban J connectivity index is 0. The summed E-state index contributed by atoms with van der Waals surface area (Å²) in [7, 11) is 0. The molecule has 0 aliphatic rings. The summed E-state index contributed by atoms with van der Waals surface area (Å²) in [5, 5.41) is 27.4. The third-order valence-corrected chi connectivity index (χ3v) is 1.52. The van der Waals surface area contributed by atoms with Crippen LogP contribution in [0.1, 0.15) is 22.3 Å². The summed E-state index contributed by atoms with van der Waals surface area (Å²) in [6, 6.07) is 0.652. The average Bonchev–Trinajstić information content (AvgIpc) is 2.16. The van der Waals surface area contributed by atoms with E-state index in [-0.39, 0.29) is 31.0 Å². The van der Waals surface area contributed by atoms with Crippen molar-refractivity contribution in [2.24, 2.45) is 0 Å². The number of carbonyl (C=O) groups is 2. The largest absolute Gasteiger partial charge is 1.00 e. The smallest absolute Gasteiger partial charge is 1.00 e. The second kappa shape index (κ2) is 5.54. The van der Waals surface area contributed by atoms with Crippen molar-refractivity contribution in [2.75, 3.05) is 0 Å². The Bertz CT molecular complexity index is 466. The average molecular weight is 236 g/mol. The van der Waals surface area contributed by atoms with Crippen molar-refractivity contribution in [3.05, 3.63) is 33.6 Å². The van der Waals surface area contributed by atoms with Gasteiger partial charge in [-0.25, -0.2) is 14.6 Å². The van der Waals surface area contributed by atoms with Gasteiger partial charge in [0.2, 0.25) is 0 Å². The molecule has 0 bridgehead atoms. The molecule has 1 aromatic heterocycles. The van der Waals surface area contributed by atoms with Gasteiger partial charge in [0.05, 0.1) is 10.5 Å².